The summed E-state index contributed by atoms with van der Waals surface area (Å²) in [5.74, 6) is 0. The van der Waals surface area contributed by atoms with Crippen molar-refractivity contribution in [3.63, 3.8) is 0 Å². The second-order valence-electron chi connectivity index (χ2n) is 4.58. The topological polar surface area (TPSA) is 24.9 Å². The molecule has 0 unspecified atom stereocenters. The van der Waals surface area contributed by atoms with Crippen molar-refractivity contribution in [2.24, 2.45) is 0 Å². The third-order valence-electron chi connectivity index (χ3n) is 3.15. The van der Waals surface area contributed by atoms with Gasteiger partial charge >= 0.3 is 0 Å². The lowest BCUT2D eigenvalue weighted by Crippen LogP contribution is -1.93. The molecular weight excluding hydrogens is 323 g/mol. The van der Waals surface area contributed by atoms with Crippen LogP contribution in [0.4, 0.5) is 10.8 Å². The Hall–Kier alpha value is -1.55. The molecule has 21 heavy (non-hydrogen) atoms. The first-order valence-corrected chi connectivity index (χ1v) is 8.00. The predicted molar refractivity (Wildman–Crippen MR) is 92.0 cm³/mol. The van der Waals surface area contributed by atoms with Crippen molar-refractivity contribution in [2.75, 3.05) is 5.32 Å². The number of halogens is 2. The normalized spacial score (nSPS) is 10.6. The van der Waals surface area contributed by atoms with Gasteiger partial charge in [-0.15, -0.1) is 11.3 Å². The molecule has 2 nitrogen and oxygen atoms in total. The van der Waals surface area contributed by atoms with Gasteiger partial charge in [0.1, 0.15) is 0 Å². The molecule has 0 fully saturated rings. The van der Waals surface area contributed by atoms with Crippen molar-refractivity contribution >= 4 is 45.4 Å². The molecule has 0 amide bonds. The Kier molecular flexibility index (Phi) is 4.15. The van der Waals surface area contributed by atoms with Crippen molar-refractivity contribution in [3.05, 3.63) is 63.5 Å². The average molecular weight is 335 g/mol. The number of nitrogens with one attached hydrogen (secondary N) is 1. The molecule has 0 aliphatic heterocycles. The molecule has 0 bridgehead atoms. The maximum atomic E-state index is 6.13. The van der Waals surface area contributed by atoms with Crippen LogP contribution in [0.2, 0.25) is 10.0 Å². The van der Waals surface area contributed by atoms with Crippen LogP contribution in [0.25, 0.3) is 11.3 Å². The van der Waals surface area contributed by atoms with Crippen molar-refractivity contribution in [3.8, 4) is 11.3 Å². The lowest BCUT2D eigenvalue weighted by Gasteiger charge is -2.07. The van der Waals surface area contributed by atoms with E-state index >= 15 is 0 Å². The zero-order valence-electron chi connectivity index (χ0n) is 11.2. The van der Waals surface area contributed by atoms with E-state index < -0.39 is 0 Å². The molecule has 3 aromatic rings. The van der Waals surface area contributed by atoms with Crippen LogP contribution in [0.3, 0.4) is 0 Å². The van der Waals surface area contributed by atoms with Gasteiger partial charge in [0.15, 0.2) is 5.13 Å². The van der Waals surface area contributed by atoms with Crippen LogP contribution in [0.15, 0.2) is 47.8 Å². The van der Waals surface area contributed by atoms with Crippen LogP contribution in [-0.4, -0.2) is 4.98 Å². The Morgan fingerprint density at radius 1 is 1.05 bits per heavy atom. The Labute approximate surface area is 137 Å². The van der Waals surface area contributed by atoms with E-state index in [1.807, 2.05) is 54.8 Å². The molecule has 3 rings (SSSR count). The molecule has 0 saturated carbocycles. The van der Waals surface area contributed by atoms with E-state index in [9.17, 15) is 0 Å². The summed E-state index contributed by atoms with van der Waals surface area (Å²) in [6, 6.07) is 13.4. The van der Waals surface area contributed by atoms with Gasteiger partial charge in [0.25, 0.3) is 0 Å². The van der Waals surface area contributed by atoms with Crippen molar-refractivity contribution in [2.45, 2.75) is 6.92 Å². The molecule has 0 spiro atoms. The van der Waals surface area contributed by atoms with Gasteiger partial charge in [0.05, 0.1) is 5.69 Å². The summed E-state index contributed by atoms with van der Waals surface area (Å²) in [7, 11) is 0. The molecule has 0 saturated heterocycles. The van der Waals surface area contributed by atoms with Crippen molar-refractivity contribution in [1.29, 1.82) is 0 Å². The predicted octanol–water partition coefficient (Wildman–Crippen LogP) is 6.17. The van der Waals surface area contributed by atoms with Gasteiger partial charge in [-0.25, -0.2) is 4.98 Å². The Balaban J connectivity index is 1.85. The van der Waals surface area contributed by atoms with Crippen LogP contribution in [-0.2, 0) is 0 Å². The van der Waals surface area contributed by atoms with E-state index in [0.717, 1.165) is 37.7 Å². The minimum Gasteiger partial charge on any atom is -0.331 e. The van der Waals surface area contributed by atoms with Crippen LogP contribution < -0.4 is 5.32 Å². The van der Waals surface area contributed by atoms with Gasteiger partial charge in [0.2, 0.25) is 0 Å². The second kappa shape index (κ2) is 6.06. The van der Waals surface area contributed by atoms with Crippen LogP contribution in [0, 0.1) is 6.92 Å². The molecule has 106 valence electrons. The number of thiazole rings is 1. The van der Waals surface area contributed by atoms with E-state index in [-0.39, 0.29) is 0 Å². The van der Waals surface area contributed by atoms with E-state index in [4.69, 9.17) is 23.2 Å². The van der Waals surface area contributed by atoms with Crippen molar-refractivity contribution < 1.29 is 0 Å². The molecule has 0 aliphatic rings. The fourth-order valence-electron chi connectivity index (χ4n) is 1.94. The maximum absolute atomic E-state index is 6.13. The lowest BCUT2D eigenvalue weighted by molar-refractivity contribution is 1.36. The molecule has 0 atom stereocenters. The highest BCUT2D eigenvalue weighted by molar-refractivity contribution is 7.14. The summed E-state index contributed by atoms with van der Waals surface area (Å²) < 4.78 is 0. The summed E-state index contributed by atoms with van der Waals surface area (Å²) in [4.78, 5) is 4.60. The maximum Gasteiger partial charge on any atom is 0.187 e. The molecule has 2 aromatic carbocycles. The number of anilines is 2. The van der Waals surface area contributed by atoms with Gasteiger partial charge in [-0.1, -0.05) is 41.4 Å². The Morgan fingerprint density at radius 3 is 2.57 bits per heavy atom. The number of hydrogen-bond donors (Lipinski definition) is 1. The third kappa shape index (κ3) is 3.21. The van der Waals surface area contributed by atoms with E-state index in [0.29, 0.717) is 0 Å². The van der Waals surface area contributed by atoms with Gasteiger partial charge in [0, 0.05) is 26.7 Å². The van der Waals surface area contributed by atoms with Gasteiger partial charge in [-0.2, -0.15) is 0 Å². The first-order valence-electron chi connectivity index (χ1n) is 6.37. The number of aromatic nitrogens is 1. The summed E-state index contributed by atoms with van der Waals surface area (Å²) in [6.45, 7) is 1.98. The lowest BCUT2D eigenvalue weighted by atomic mass is 10.2. The first-order chi connectivity index (χ1) is 10.1. The van der Waals surface area contributed by atoms with Crippen molar-refractivity contribution in [1.82, 2.24) is 4.98 Å². The fraction of sp³-hybridized carbons (Fsp3) is 0.0625. The molecule has 1 aromatic heterocycles. The number of hydrogen-bond acceptors (Lipinski definition) is 3. The Bertz CT molecular complexity index is 766. The highest BCUT2D eigenvalue weighted by Crippen LogP contribution is 2.30. The molecular formula is C16H12Cl2N2S. The van der Waals surface area contributed by atoms with E-state index in [2.05, 4.69) is 10.3 Å². The largest absolute Gasteiger partial charge is 0.331 e. The molecule has 1 N–H and O–H groups in total. The van der Waals surface area contributed by atoms with Gasteiger partial charge in [-0.05, 0) is 36.8 Å². The fourth-order valence-corrected chi connectivity index (χ4v) is 2.97. The minimum atomic E-state index is 0.724. The minimum absolute atomic E-state index is 0.724. The van der Waals surface area contributed by atoms with Crippen LogP contribution >= 0.6 is 34.5 Å². The van der Waals surface area contributed by atoms with Gasteiger partial charge in [-0.3, -0.25) is 0 Å². The number of benzene rings is 2. The summed E-state index contributed by atoms with van der Waals surface area (Å²) in [5.41, 5.74) is 3.97. The zero-order valence-corrected chi connectivity index (χ0v) is 13.6. The van der Waals surface area contributed by atoms with Gasteiger partial charge < -0.3 is 5.32 Å². The third-order valence-corrected chi connectivity index (χ3v) is 4.57. The Morgan fingerprint density at radius 2 is 1.81 bits per heavy atom. The smallest absolute Gasteiger partial charge is 0.187 e. The quantitative estimate of drug-likeness (QED) is 0.619. The SMILES string of the molecule is Cc1c(Cl)cccc1Nc1nc(-c2ccc(Cl)cc2)cs1. The second-order valence-corrected chi connectivity index (χ2v) is 6.28. The monoisotopic (exact) mass is 334 g/mol. The number of nitrogens with zero attached hydrogens (tertiary/aromatic N) is 1. The summed E-state index contributed by atoms with van der Waals surface area (Å²) in [5, 5.41) is 7.64. The molecule has 0 radical (unpaired) electrons. The van der Waals surface area contributed by atoms with Crippen LogP contribution in [0.5, 0.6) is 0 Å². The molecule has 5 heteroatoms. The van der Waals surface area contributed by atoms with Crippen LogP contribution in [0.1, 0.15) is 5.56 Å². The van der Waals surface area contributed by atoms with E-state index in [1.165, 1.54) is 0 Å². The zero-order chi connectivity index (χ0) is 14.8. The standard InChI is InChI=1S/C16H12Cl2N2S/c1-10-13(18)3-2-4-14(10)19-16-20-15(9-21-16)11-5-7-12(17)8-6-11/h2-9H,1H3,(H,19,20). The highest BCUT2D eigenvalue weighted by atomic mass is 35.5. The summed E-state index contributed by atoms with van der Waals surface area (Å²) in [6.07, 6.45) is 0. The average Bonchev–Trinajstić information content (AvgIpc) is 2.93. The molecule has 1 heterocycles. The summed E-state index contributed by atoms with van der Waals surface area (Å²) >= 11 is 13.6. The van der Waals surface area contributed by atoms with E-state index in [1.54, 1.807) is 11.3 Å². The molecule has 0 aliphatic carbocycles. The first kappa shape index (κ1) is 14.4. The number of rotatable bonds is 3. The highest BCUT2D eigenvalue weighted by Gasteiger charge is 2.07.